The predicted molar refractivity (Wildman–Crippen MR) is 120 cm³/mol. The molecule has 0 aliphatic heterocycles. The van der Waals surface area contributed by atoms with Crippen LogP contribution in [-0.2, 0) is 25.6 Å². The van der Waals surface area contributed by atoms with E-state index >= 15 is 0 Å². The van der Waals surface area contributed by atoms with E-state index in [2.05, 4.69) is 5.32 Å². The predicted octanol–water partition coefficient (Wildman–Crippen LogP) is 0.478. The van der Waals surface area contributed by atoms with Crippen molar-refractivity contribution in [3.8, 4) is 11.5 Å². The van der Waals surface area contributed by atoms with Gasteiger partial charge in [0.1, 0.15) is 6.54 Å². The third-order valence-corrected chi connectivity index (χ3v) is 4.57. The summed E-state index contributed by atoms with van der Waals surface area (Å²) in [5.74, 6) is 0.00422. The average molecular weight is 474 g/mol. The summed E-state index contributed by atoms with van der Waals surface area (Å²) in [5.41, 5.74) is 6.51. The van der Waals surface area contributed by atoms with Crippen molar-refractivity contribution in [3.63, 3.8) is 0 Å². The number of carbonyl (C=O) groups excluding carboxylic acids is 2. The van der Waals surface area contributed by atoms with Gasteiger partial charge in [0.2, 0.25) is 11.8 Å². The standard InChI is InChI=1S/C20H25N3O7S.Na/c1-28-17-8-7-14(11-18(17)29-2)9-10-22-19(24)13-23(30-31(3,26)27)16-6-4-5-15(12-16)20(21)25;/h4-8,11-12H,9-10,13H2,1-3H3,(H2,21,25)(H,22,24);. The topological polar surface area (TPSA) is 137 Å². The van der Waals surface area contributed by atoms with Crippen molar-refractivity contribution in [3.05, 3.63) is 53.6 Å². The summed E-state index contributed by atoms with van der Waals surface area (Å²) in [6.07, 6.45) is 1.36. The van der Waals surface area contributed by atoms with Gasteiger partial charge in [0.05, 0.1) is 26.2 Å². The van der Waals surface area contributed by atoms with E-state index in [0.29, 0.717) is 24.5 Å². The maximum Gasteiger partial charge on any atom is 0.285 e. The van der Waals surface area contributed by atoms with Crippen molar-refractivity contribution in [1.82, 2.24) is 5.32 Å². The molecule has 0 aromatic heterocycles. The number of benzene rings is 2. The zero-order valence-electron chi connectivity index (χ0n) is 18.5. The molecule has 0 aliphatic rings. The maximum atomic E-state index is 12.4. The number of amides is 2. The number of carbonyl (C=O) groups is 2. The van der Waals surface area contributed by atoms with Gasteiger partial charge >= 0.3 is 0 Å². The fourth-order valence-electron chi connectivity index (χ4n) is 2.71. The Morgan fingerprint density at radius 2 is 1.75 bits per heavy atom. The summed E-state index contributed by atoms with van der Waals surface area (Å²) in [5, 5.41) is 3.58. The number of rotatable bonds is 11. The largest absolute Gasteiger partial charge is 0.493 e. The number of nitrogens with one attached hydrogen (secondary N) is 1. The Morgan fingerprint density at radius 3 is 2.34 bits per heavy atom. The number of hydrogen-bond acceptors (Lipinski definition) is 8. The van der Waals surface area contributed by atoms with Gasteiger partial charge in [-0.2, -0.15) is 8.42 Å². The molecule has 0 unspecified atom stereocenters. The molecule has 0 atom stereocenters. The number of nitrogens with zero attached hydrogens (tertiary/aromatic N) is 1. The molecule has 169 valence electrons. The fourth-order valence-corrected chi connectivity index (χ4v) is 3.17. The molecule has 0 fully saturated rings. The van der Waals surface area contributed by atoms with Crippen LogP contribution in [0.15, 0.2) is 42.5 Å². The molecule has 2 amide bonds. The van der Waals surface area contributed by atoms with Crippen molar-refractivity contribution < 1.29 is 31.8 Å². The first-order valence-electron chi connectivity index (χ1n) is 9.17. The molecule has 0 saturated heterocycles. The van der Waals surface area contributed by atoms with E-state index in [1.165, 1.54) is 31.4 Å². The number of anilines is 1. The second kappa shape index (κ2) is 12.7. The van der Waals surface area contributed by atoms with Crippen LogP contribution in [0.2, 0.25) is 0 Å². The van der Waals surface area contributed by atoms with Crippen LogP contribution in [0.3, 0.4) is 0 Å². The zero-order valence-corrected chi connectivity index (χ0v) is 21.3. The van der Waals surface area contributed by atoms with Gasteiger partial charge in [-0.05, 0) is 42.3 Å². The summed E-state index contributed by atoms with van der Waals surface area (Å²) in [4.78, 5) is 23.8. The van der Waals surface area contributed by atoms with Crippen LogP contribution in [0.5, 0.6) is 11.5 Å². The molecular weight excluding hydrogens is 449 g/mol. The molecule has 3 N–H and O–H groups in total. The molecule has 32 heavy (non-hydrogen) atoms. The molecule has 0 saturated carbocycles. The van der Waals surface area contributed by atoms with Crippen LogP contribution in [0.25, 0.3) is 0 Å². The minimum Gasteiger partial charge on any atom is -0.493 e. The van der Waals surface area contributed by atoms with Crippen LogP contribution >= 0.6 is 0 Å². The summed E-state index contributed by atoms with van der Waals surface area (Å²) >= 11 is 0. The average Bonchev–Trinajstić information content (AvgIpc) is 2.72. The number of methoxy groups -OCH3 is 2. The van der Waals surface area contributed by atoms with E-state index < -0.39 is 28.5 Å². The van der Waals surface area contributed by atoms with E-state index in [0.717, 1.165) is 16.9 Å². The van der Waals surface area contributed by atoms with Gasteiger partial charge in [-0.1, -0.05) is 12.1 Å². The minimum absolute atomic E-state index is 0. The molecular formula is C20H25N3NaO7S. The Balaban J connectivity index is 0.00000512. The third-order valence-electron chi connectivity index (χ3n) is 4.12. The van der Waals surface area contributed by atoms with Gasteiger partial charge < -0.3 is 20.5 Å². The number of primary amides is 1. The van der Waals surface area contributed by atoms with Gasteiger partial charge in [-0.15, -0.1) is 4.28 Å². The summed E-state index contributed by atoms with van der Waals surface area (Å²) in [6, 6.07) is 11.2. The van der Waals surface area contributed by atoms with Crippen molar-refractivity contribution in [2.75, 3.05) is 38.6 Å². The summed E-state index contributed by atoms with van der Waals surface area (Å²) in [7, 11) is -0.846. The first-order chi connectivity index (χ1) is 14.6. The second-order valence-corrected chi connectivity index (χ2v) is 8.08. The van der Waals surface area contributed by atoms with Crippen LogP contribution < -0.4 is 25.6 Å². The molecule has 0 bridgehead atoms. The van der Waals surface area contributed by atoms with Crippen LogP contribution in [0.1, 0.15) is 15.9 Å². The smallest absolute Gasteiger partial charge is 0.285 e. The van der Waals surface area contributed by atoms with Crippen molar-refractivity contribution in [2.24, 2.45) is 5.73 Å². The van der Waals surface area contributed by atoms with E-state index in [1.54, 1.807) is 19.2 Å². The van der Waals surface area contributed by atoms with Crippen LogP contribution in [-0.4, -0.2) is 83.4 Å². The Labute approximate surface area is 209 Å². The van der Waals surface area contributed by atoms with E-state index in [-0.39, 0.29) is 40.8 Å². The summed E-state index contributed by atoms with van der Waals surface area (Å²) < 4.78 is 38.6. The number of hydroxylamine groups is 1. The van der Waals surface area contributed by atoms with Gasteiger partial charge in [0.25, 0.3) is 10.1 Å². The van der Waals surface area contributed by atoms with Crippen molar-refractivity contribution in [1.29, 1.82) is 0 Å². The van der Waals surface area contributed by atoms with Crippen molar-refractivity contribution in [2.45, 2.75) is 6.42 Å². The van der Waals surface area contributed by atoms with Gasteiger partial charge in [-0.25, -0.2) is 5.06 Å². The van der Waals surface area contributed by atoms with Crippen molar-refractivity contribution >= 4 is 57.2 Å². The molecule has 0 spiro atoms. The number of ether oxygens (including phenoxy) is 2. The van der Waals surface area contributed by atoms with Crippen LogP contribution in [0.4, 0.5) is 5.69 Å². The molecule has 2 rings (SSSR count). The summed E-state index contributed by atoms with van der Waals surface area (Å²) in [6.45, 7) is -0.121. The molecule has 2 aromatic rings. The minimum atomic E-state index is -3.92. The van der Waals surface area contributed by atoms with Gasteiger partial charge in [0.15, 0.2) is 11.5 Å². The molecule has 12 heteroatoms. The van der Waals surface area contributed by atoms with E-state index in [4.69, 9.17) is 19.5 Å². The fraction of sp³-hybridized carbons (Fsp3) is 0.300. The number of nitrogens with two attached hydrogens (primary N) is 1. The molecule has 0 heterocycles. The number of hydrogen-bond donors (Lipinski definition) is 2. The quantitative estimate of drug-likeness (QED) is 0.354. The normalized spacial score (nSPS) is 10.6. The second-order valence-electron chi connectivity index (χ2n) is 6.52. The Morgan fingerprint density at radius 1 is 1.06 bits per heavy atom. The zero-order chi connectivity index (χ0) is 23.0. The van der Waals surface area contributed by atoms with Gasteiger partial charge in [0, 0.05) is 41.7 Å². The van der Waals surface area contributed by atoms with Gasteiger partial charge in [-0.3, -0.25) is 9.59 Å². The molecule has 10 nitrogen and oxygen atoms in total. The maximum absolute atomic E-state index is 12.4. The van der Waals surface area contributed by atoms with E-state index in [9.17, 15) is 18.0 Å². The first-order valence-corrected chi connectivity index (χ1v) is 11.0. The monoisotopic (exact) mass is 474 g/mol. The van der Waals surface area contributed by atoms with E-state index in [1.807, 2.05) is 6.07 Å². The molecule has 2 aromatic carbocycles. The Kier molecular flexibility index (Phi) is 11.0. The van der Waals surface area contributed by atoms with Crippen LogP contribution in [0, 0.1) is 0 Å². The molecule has 1 radical (unpaired) electrons. The SMILES string of the molecule is COc1ccc(CCNC(=O)CN(OS(C)(=O)=O)c2cccc(C(N)=O)c2)cc1OC.[Na]. The Bertz CT molecular complexity index is 1050. The Hall–Kier alpha value is -2.31. The third kappa shape index (κ3) is 8.67. The molecule has 0 aliphatic carbocycles. The first kappa shape index (κ1) is 27.7.